The van der Waals surface area contributed by atoms with Crippen LogP contribution in [0.1, 0.15) is 29.8 Å². The van der Waals surface area contributed by atoms with E-state index in [9.17, 15) is 0 Å². The van der Waals surface area contributed by atoms with Gasteiger partial charge in [-0.1, -0.05) is 15.9 Å². The molecule has 0 saturated heterocycles. The van der Waals surface area contributed by atoms with E-state index in [0.29, 0.717) is 6.04 Å². The van der Waals surface area contributed by atoms with E-state index in [2.05, 4.69) is 32.4 Å². The lowest BCUT2D eigenvalue weighted by atomic mass is 10.2. The van der Waals surface area contributed by atoms with Crippen LogP contribution in [0.2, 0.25) is 0 Å². The van der Waals surface area contributed by atoms with Crippen LogP contribution in [0, 0.1) is 13.8 Å². The van der Waals surface area contributed by atoms with Crippen LogP contribution in [-0.2, 0) is 13.6 Å². The minimum atomic E-state index is 0.679. The number of aromatic nitrogens is 2. The van der Waals surface area contributed by atoms with Gasteiger partial charge in [0.1, 0.15) is 11.4 Å². The van der Waals surface area contributed by atoms with Gasteiger partial charge in [-0.15, -0.1) is 0 Å². The predicted molar refractivity (Wildman–Crippen MR) is 86.8 cm³/mol. The fourth-order valence-corrected chi connectivity index (χ4v) is 2.75. The van der Waals surface area contributed by atoms with Crippen molar-refractivity contribution in [3.05, 3.63) is 39.6 Å². The van der Waals surface area contributed by atoms with Crippen molar-refractivity contribution < 1.29 is 4.74 Å². The summed E-state index contributed by atoms with van der Waals surface area (Å²) in [5.41, 5.74) is 3.12. The second-order valence-electron chi connectivity index (χ2n) is 5.63. The fraction of sp³-hybridized carbons (Fsp3) is 0.438. The summed E-state index contributed by atoms with van der Waals surface area (Å²) < 4.78 is 9.08. The van der Waals surface area contributed by atoms with Gasteiger partial charge in [0.15, 0.2) is 5.75 Å². The van der Waals surface area contributed by atoms with Gasteiger partial charge in [-0.05, 0) is 44.9 Å². The molecule has 1 aromatic heterocycles. The number of hydrogen-bond acceptors (Lipinski definition) is 3. The number of nitrogens with one attached hydrogen (secondary N) is 1. The second-order valence-corrected chi connectivity index (χ2v) is 6.55. The van der Waals surface area contributed by atoms with Crippen LogP contribution in [-0.4, -0.2) is 15.8 Å². The Hall–Kier alpha value is -1.33. The molecule has 3 rings (SSSR count). The molecule has 1 aliphatic rings. The first kappa shape index (κ1) is 14.6. The van der Waals surface area contributed by atoms with Gasteiger partial charge in [-0.3, -0.25) is 4.68 Å². The van der Waals surface area contributed by atoms with E-state index in [-0.39, 0.29) is 0 Å². The first-order valence-corrected chi connectivity index (χ1v) is 8.03. The number of hydrogen-bond donors (Lipinski definition) is 1. The SMILES string of the molecule is Cc1nn(C)c(C)c1Oc1ccc(Br)cc1CNC1CC1. The third-order valence-corrected chi connectivity index (χ3v) is 4.33. The fourth-order valence-electron chi connectivity index (χ4n) is 2.34. The van der Waals surface area contributed by atoms with Crippen molar-refractivity contribution in [2.45, 2.75) is 39.3 Å². The number of aryl methyl sites for hydroxylation is 2. The number of ether oxygens (including phenoxy) is 1. The zero-order valence-electron chi connectivity index (χ0n) is 12.6. The molecule has 21 heavy (non-hydrogen) atoms. The quantitative estimate of drug-likeness (QED) is 0.891. The summed E-state index contributed by atoms with van der Waals surface area (Å²) in [6.45, 7) is 4.83. The lowest BCUT2D eigenvalue weighted by Crippen LogP contribution is -2.15. The zero-order valence-corrected chi connectivity index (χ0v) is 14.2. The minimum Gasteiger partial charge on any atom is -0.453 e. The van der Waals surface area contributed by atoms with Crippen molar-refractivity contribution in [1.82, 2.24) is 15.1 Å². The van der Waals surface area contributed by atoms with Crippen molar-refractivity contribution in [3.63, 3.8) is 0 Å². The van der Waals surface area contributed by atoms with Gasteiger partial charge in [0, 0.05) is 29.7 Å². The summed E-state index contributed by atoms with van der Waals surface area (Å²) in [6.07, 6.45) is 2.57. The van der Waals surface area contributed by atoms with Gasteiger partial charge in [-0.2, -0.15) is 5.10 Å². The molecule has 112 valence electrons. The van der Waals surface area contributed by atoms with Crippen molar-refractivity contribution in [2.75, 3.05) is 0 Å². The molecule has 0 spiro atoms. The standard InChI is InChI=1S/C16H20BrN3O/c1-10-16(11(2)20(3)19-10)21-15-7-4-13(17)8-12(15)9-18-14-5-6-14/h4,7-8,14,18H,5-6,9H2,1-3H3. The molecule has 5 heteroatoms. The molecule has 0 radical (unpaired) electrons. The maximum absolute atomic E-state index is 6.16. The van der Waals surface area contributed by atoms with Crippen molar-refractivity contribution in [1.29, 1.82) is 0 Å². The monoisotopic (exact) mass is 349 g/mol. The Bertz CT molecular complexity index is 662. The second kappa shape index (κ2) is 5.81. The molecule has 1 aliphatic carbocycles. The first-order valence-electron chi connectivity index (χ1n) is 7.24. The third kappa shape index (κ3) is 3.30. The van der Waals surface area contributed by atoms with Crippen LogP contribution in [0.3, 0.4) is 0 Å². The summed E-state index contributed by atoms with van der Waals surface area (Å²) in [6, 6.07) is 6.82. The molecule has 0 unspecified atom stereocenters. The predicted octanol–water partition coefficient (Wildman–Crippen LogP) is 3.84. The van der Waals surface area contributed by atoms with Gasteiger partial charge < -0.3 is 10.1 Å². The minimum absolute atomic E-state index is 0.679. The smallest absolute Gasteiger partial charge is 0.171 e. The normalized spacial score (nSPS) is 14.5. The molecule has 0 bridgehead atoms. The van der Waals surface area contributed by atoms with Crippen LogP contribution in [0.15, 0.2) is 22.7 Å². The van der Waals surface area contributed by atoms with E-state index in [4.69, 9.17) is 4.74 Å². The van der Waals surface area contributed by atoms with Crippen molar-refractivity contribution >= 4 is 15.9 Å². The van der Waals surface area contributed by atoms with Gasteiger partial charge in [-0.25, -0.2) is 0 Å². The van der Waals surface area contributed by atoms with Crippen LogP contribution in [0.5, 0.6) is 11.5 Å². The summed E-state index contributed by atoms with van der Waals surface area (Å²) in [4.78, 5) is 0. The highest BCUT2D eigenvalue weighted by atomic mass is 79.9. The zero-order chi connectivity index (χ0) is 15.0. The highest BCUT2D eigenvalue weighted by molar-refractivity contribution is 9.10. The maximum atomic E-state index is 6.16. The maximum Gasteiger partial charge on any atom is 0.171 e. The number of halogens is 1. The summed E-state index contributed by atoms with van der Waals surface area (Å²) in [5.74, 6) is 1.75. The molecule has 4 nitrogen and oxygen atoms in total. The Kier molecular flexibility index (Phi) is 4.04. The van der Waals surface area contributed by atoms with Crippen molar-refractivity contribution in [2.24, 2.45) is 7.05 Å². The van der Waals surface area contributed by atoms with E-state index in [1.54, 1.807) is 0 Å². The molecule has 1 saturated carbocycles. The van der Waals surface area contributed by atoms with Crippen LogP contribution >= 0.6 is 15.9 Å². The topological polar surface area (TPSA) is 39.1 Å². The average Bonchev–Trinajstić information content (AvgIpc) is 3.23. The largest absolute Gasteiger partial charge is 0.453 e. The van der Waals surface area contributed by atoms with E-state index in [0.717, 1.165) is 33.9 Å². The van der Waals surface area contributed by atoms with E-state index >= 15 is 0 Å². The Morgan fingerprint density at radius 3 is 2.76 bits per heavy atom. The van der Waals surface area contributed by atoms with Gasteiger partial charge in [0.05, 0.1) is 5.69 Å². The van der Waals surface area contributed by atoms with E-state index in [1.807, 2.05) is 37.7 Å². The molecular weight excluding hydrogens is 330 g/mol. The molecular formula is C16H20BrN3O. The Morgan fingerprint density at radius 1 is 1.38 bits per heavy atom. The third-order valence-electron chi connectivity index (χ3n) is 3.84. The number of nitrogens with zero attached hydrogens (tertiary/aromatic N) is 2. The summed E-state index contributed by atoms with van der Waals surface area (Å²) >= 11 is 3.54. The molecule has 0 atom stereocenters. The summed E-state index contributed by atoms with van der Waals surface area (Å²) in [7, 11) is 1.94. The molecule has 2 aromatic rings. The van der Waals surface area contributed by atoms with Gasteiger partial charge in [0.2, 0.25) is 0 Å². The number of rotatable bonds is 5. The Balaban J connectivity index is 1.86. The summed E-state index contributed by atoms with van der Waals surface area (Å²) in [5, 5.41) is 7.94. The van der Waals surface area contributed by atoms with E-state index in [1.165, 1.54) is 18.4 Å². The van der Waals surface area contributed by atoms with Crippen molar-refractivity contribution in [3.8, 4) is 11.5 Å². The van der Waals surface area contributed by atoms with Gasteiger partial charge in [0.25, 0.3) is 0 Å². The average molecular weight is 350 g/mol. The van der Waals surface area contributed by atoms with Crippen LogP contribution in [0.25, 0.3) is 0 Å². The van der Waals surface area contributed by atoms with Crippen LogP contribution in [0.4, 0.5) is 0 Å². The highest BCUT2D eigenvalue weighted by Crippen LogP contribution is 2.32. The number of benzene rings is 1. The Labute approximate surface area is 133 Å². The molecule has 1 N–H and O–H groups in total. The molecule has 0 aliphatic heterocycles. The lowest BCUT2D eigenvalue weighted by Gasteiger charge is -2.12. The Morgan fingerprint density at radius 2 is 2.14 bits per heavy atom. The first-order chi connectivity index (χ1) is 10.0. The molecule has 0 amide bonds. The van der Waals surface area contributed by atoms with Crippen LogP contribution < -0.4 is 10.1 Å². The highest BCUT2D eigenvalue weighted by Gasteiger charge is 2.21. The van der Waals surface area contributed by atoms with E-state index < -0.39 is 0 Å². The molecule has 1 fully saturated rings. The molecule has 1 heterocycles. The van der Waals surface area contributed by atoms with Gasteiger partial charge >= 0.3 is 0 Å². The molecule has 1 aromatic carbocycles. The lowest BCUT2D eigenvalue weighted by molar-refractivity contribution is 0.464.